The van der Waals surface area contributed by atoms with Gasteiger partial charge in [-0.3, -0.25) is 9.59 Å². The number of carbonyl (C=O) groups is 2. The smallest absolute Gasteiger partial charge is 0.534 e. The number of anilines is 1. The minimum Gasteiger partial charge on any atom is -0.534 e. The maximum Gasteiger partial charge on any atom is 0.563 e. The molecule has 1 saturated heterocycles. The summed E-state index contributed by atoms with van der Waals surface area (Å²) in [7, 11) is -0.938. The van der Waals surface area contributed by atoms with E-state index in [9.17, 15) is 14.0 Å². The van der Waals surface area contributed by atoms with E-state index in [0.717, 1.165) is 12.8 Å². The summed E-state index contributed by atoms with van der Waals surface area (Å²) >= 11 is 0. The van der Waals surface area contributed by atoms with Crippen molar-refractivity contribution in [2.75, 3.05) is 11.4 Å². The lowest BCUT2D eigenvalue weighted by Crippen LogP contribution is -2.44. The third-order valence-electron chi connectivity index (χ3n) is 7.14. The van der Waals surface area contributed by atoms with Crippen LogP contribution in [0.5, 0.6) is 0 Å². The standard InChI is InChI=1S/C26H30BFN2O5/c1-15-26(5,6)35-27(34-15)20-10-18(28)11-21(19(20)14-33-16(2)31)30-8-7-29-22(24(30)32)9-17-12-25(3,4)13-23(17)29/h9-11H,1,7-8,12-14H2,2-6H3. The van der Waals surface area contributed by atoms with Crippen LogP contribution in [-0.4, -0.2) is 35.7 Å². The number of esters is 1. The molecule has 3 aliphatic rings. The number of rotatable bonds is 4. The molecule has 1 fully saturated rings. The van der Waals surface area contributed by atoms with Crippen LogP contribution in [-0.2, 0) is 44.8 Å². The molecule has 2 aromatic rings. The number of benzene rings is 1. The Morgan fingerprint density at radius 1 is 1.20 bits per heavy atom. The fraction of sp³-hybridized carbons (Fsp3) is 0.462. The summed E-state index contributed by atoms with van der Waals surface area (Å²) < 4.78 is 34.2. The molecular formula is C26H30BFN2O5. The number of nitrogens with zero attached hydrogens (tertiary/aromatic N) is 2. The molecule has 1 aliphatic carbocycles. The first-order valence-electron chi connectivity index (χ1n) is 11.9. The van der Waals surface area contributed by atoms with Gasteiger partial charge in [-0.05, 0) is 55.9 Å². The molecule has 0 bridgehead atoms. The first-order chi connectivity index (χ1) is 16.4. The minimum absolute atomic E-state index is 0.147. The highest BCUT2D eigenvalue weighted by molar-refractivity contribution is 6.63. The van der Waals surface area contributed by atoms with Crippen LogP contribution in [0.15, 0.2) is 30.5 Å². The second-order valence-electron chi connectivity index (χ2n) is 10.9. The number of hydrogen-bond donors (Lipinski definition) is 0. The molecule has 9 heteroatoms. The van der Waals surface area contributed by atoms with E-state index in [1.807, 2.05) is 19.9 Å². The summed E-state index contributed by atoms with van der Waals surface area (Å²) in [6, 6.07) is 4.58. The fourth-order valence-electron chi connectivity index (χ4n) is 5.32. The molecule has 35 heavy (non-hydrogen) atoms. The Balaban J connectivity index is 1.56. The molecule has 1 amide bonds. The fourth-order valence-corrected chi connectivity index (χ4v) is 5.32. The first kappa shape index (κ1) is 23.7. The van der Waals surface area contributed by atoms with Crippen molar-refractivity contribution in [1.82, 2.24) is 4.57 Å². The number of amides is 1. The Labute approximate surface area is 205 Å². The van der Waals surface area contributed by atoms with Crippen molar-refractivity contribution in [3.8, 4) is 0 Å². The zero-order valence-corrected chi connectivity index (χ0v) is 20.9. The first-order valence-corrected chi connectivity index (χ1v) is 11.9. The monoisotopic (exact) mass is 480 g/mol. The number of ether oxygens (including phenoxy) is 1. The largest absolute Gasteiger partial charge is 0.563 e. The molecule has 0 spiro atoms. The summed E-state index contributed by atoms with van der Waals surface area (Å²) in [5.41, 5.74) is 3.61. The Bertz CT molecular complexity index is 1260. The van der Waals surface area contributed by atoms with E-state index in [4.69, 9.17) is 14.0 Å². The van der Waals surface area contributed by atoms with Crippen molar-refractivity contribution in [2.24, 2.45) is 5.41 Å². The van der Waals surface area contributed by atoms with Gasteiger partial charge in [-0.25, -0.2) is 4.39 Å². The second kappa shape index (κ2) is 7.98. The van der Waals surface area contributed by atoms with E-state index in [-0.39, 0.29) is 17.9 Å². The second-order valence-corrected chi connectivity index (χ2v) is 10.9. The summed E-state index contributed by atoms with van der Waals surface area (Å²) in [5.74, 6) is -0.817. The van der Waals surface area contributed by atoms with E-state index in [0.29, 0.717) is 41.3 Å². The molecule has 7 nitrogen and oxygen atoms in total. The van der Waals surface area contributed by atoms with Crippen molar-refractivity contribution in [3.05, 3.63) is 58.9 Å². The van der Waals surface area contributed by atoms with Gasteiger partial charge in [0.15, 0.2) is 0 Å². The lowest BCUT2D eigenvalue weighted by Gasteiger charge is -2.32. The highest BCUT2D eigenvalue weighted by Gasteiger charge is 2.45. The van der Waals surface area contributed by atoms with Crippen LogP contribution in [0.4, 0.5) is 10.1 Å². The average molecular weight is 480 g/mol. The van der Waals surface area contributed by atoms with E-state index >= 15 is 0 Å². The third-order valence-corrected chi connectivity index (χ3v) is 7.14. The molecule has 0 unspecified atom stereocenters. The Kier molecular flexibility index (Phi) is 5.40. The maximum atomic E-state index is 15.0. The molecule has 5 rings (SSSR count). The number of fused-ring (bicyclic) bond motifs is 3. The summed E-state index contributed by atoms with van der Waals surface area (Å²) in [6.45, 7) is 14.1. The molecular weight excluding hydrogens is 450 g/mol. The van der Waals surface area contributed by atoms with Gasteiger partial charge in [0.1, 0.15) is 23.7 Å². The predicted octanol–water partition coefficient (Wildman–Crippen LogP) is 3.51. The van der Waals surface area contributed by atoms with Crippen molar-refractivity contribution in [3.63, 3.8) is 0 Å². The van der Waals surface area contributed by atoms with Crippen LogP contribution in [0, 0.1) is 11.2 Å². The molecule has 3 heterocycles. The van der Waals surface area contributed by atoms with Gasteiger partial charge in [-0.2, -0.15) is 0 Å². The molecule has 0 atom stereocenters. The molecule has 0 N–H and O–H groups in total. The van der Waals surface area contributed by atoms with E-state index < -0.39 is 24.5 Å². The number of halogens is 1. The van der Waals surface area contributed by atoms with E-state index in [2.05, 4.69) is 25.0 Å². The topological polar surface area (TPSA) is 70.0 Å². The lowest BCUT2D eigenvalue weighted by molar-refractivity contribution is -0.142. The van der Waals surface area contributed by atoms with Crippen LogP contribution in [0.3, 0.4) is 0 Å². The van der Waals surface area contributed by atoms with Gasteiger partial charge in [0, 0.05) is 36.7 Å². The van der Waals surface area contributed by atoms with E-state index in [1.165, 1.54) is 30.3 Å². The number of hydrogen-bond acceptors (Lipinski definition) is 5. The summed E-state index contributed by atoms with van der Waals surface area (Å²) in [5, 5.41) is 0. The Morgan fingerprint density at radius 2 is 1.94 bits per heavy atom. The highest BCUT2D eigenvalue weighted by Crippen LogP contribution is 2.40. The van der Waals surface area contributed by atoms with Crippen LogP contribution in [0.25, 0.3) is 0 Å². The van der Waals surface area contributed by atoms with E-state index in [1.54, 1.807) is 4.90 Å². The van der Waals surface area contributed by atoms with Crippen molar-refractivity contribution < 1.29 is 28.0 Å². The van der Waals surface area contributed by atoms with Gasteiger partial charge in [-0.1, -0.05) is 20.4 Å². The summed E-state index contributed by atoms with van der Waals surface area (Å²) in [6.07, 6.45) is 1.85. The van der Waals surface area contributed by atoms with Crippen LogP contribution < -0.4 is 10.4 Å². The van der Waals surface area contributed by atoms with Crippen molar-refractivity contribution in [2.45, 2.75) is 66.2 Å². The zero-order chi connectivity index (χ0) is 25.3. The van der Waals surface area contributed by atoms with Gasteiger partial charge in [0.25, 0.3) is 5.91 Å². The van der Waals surface area contributed by atoms with Gasteiger partial charge < -0.3 is 23.5 Å². The zero-order valence-electron chi connectivity index (χ0n) is 20.9. The minimum atomic E-state index is -0.938. The highest BCUT2D eigenvalue weighted by atomic mass is 19.1. The molecule has 0 radical (unpaired) electrons. The molecule has 0 saturated carbocycles. The molecule has 2 aliphatic heterocycles. The average Bonchev–Trinajstić information content (AvgIpc) is 3.33. The van der Waals surface area contributed by atoms with Crippen LogP contribution in [0.1, 0.15) is 61.9 Å². The Hall–Kier alpha value is -3.07. The Morgan fingerprint density at radius 3 is 2.60 bits per heavy atom. The quantitative estimate of drug-likeness (QED) is 0.495. The lowest BCUT2D eigenvalue weighted by atomic mass is 9.75. The van der Waals surface area contributed by atoms with Crippen LogP contribution >= 0.6 is 0 Å². The number of aromatic nitrogens is 1. The number of carbonyl (C=O) groups excluding carboxylic acids is 2. The SMILES string of the molecule is C=C1OB(c2cc(F)cc(N3CCn4c(cc5c4CC(C)(C)C5)C3=O)c2COC(C)=O)OC1(C)C. The summed E-state index contributed by atoms with van der Waals surface area (Å²) in [4.78, 5) is 26.9. The third kappa shape index (κ3) is 4.05. The van der Waals surface area contributed by atoms with Crippen molar-refractivity contribution >= 4 is 30.1 Å². The predicted molar refractivity (Wildman–Crippen MR) is 130 cm³/mol. The normalized spacial score (nSPS) is 20.1. The maximum absolute atomic E-state index is 15.0. The van der Waals surface area contributed by atoms with Gasteiger partial charge in [-0.15, -0.1) is 0 Å². The molecule has 1 aromatic carbocycles. The van der Waals surface area contributed by atoms with Gasteiger partial charge >= 0.3 is 13.1 Å². The van der Waals surface area contributed by atoms with Crippen molar-refractivity contribution in [1.29, 1.82) is 0 Å². The van der Waals surface area contributed by atoms with Gasteiger partial charge in [0.05, 0.1) is 11.4 Å². The van der Waals surface area contributed by atoms with Crippen LogP contribution in [0.2, 0.25) is 0 Å². The molecule has 1 aromatic heterocycles. The van der Waals surface area contributed by atoms with Gasteiger partial charge in [0.2, 0.25) is 0 Å². The molecule has 184 valence electrons.